The zero-order chi connectivity index (χ0) is 35.8. The summed E-state index contributed by atoms with van der Waals surface area (Å²) in [5.74, 6) is 0.736. The summed E-state index contributed by atoms with van der Waals surface area (Å²) in [6.07, 6.45) is 0. The van der Waals surface area contributed by atoms with Crippen molar-refractivity contribution in [2.24, 2.45) is 0 Å². The van der Waals surface area contributed by atoms with Crippen LogP contribution in [0.4, 0.5) is 17.1 Å². The van der Waals surface area contributed by atoms with Crippen molar-refractivity contribution in [1.82, 2.24) is 9.97 Å². The second-order valence-electron chi connectivity index (χ2n) is 13.4. The van der Waals surface area contributed by atoms with Crippen molar-refractivity contribution in [3.05, 3.63) is 200 Å². The molecule has 0 saturated carbocycles. The van der Waals surface area contributed by atoms with Crippen molar-refractivity contribution in [3.63, 3.8) is 0 Å². The first-order valence-electron chi connectivity index (χ1n) is 18.2. The average Bonchev–Trinajstić information content (AvgIpc) is 3.63. The van der Waals surface area contributed by atoms with Crippen LogP contribution in [0.25, 0.3) is 76.0 Å². The van der Waals surface area contributed by atoms with Gasteiger partial charge in [-0.2, -0.15) is 0 Å². The molecule has 10 aromatic rings. The maximum Gasteiger partial charge on any atom is 0.161 e. The highest BCUT2D eigenvalue weighted by molar-refractivity contribution is 7.26. The van der Waals surface area contributed by atoms with Crippen LogP contribution < -0.4 is 4.90 Å². The number of fused-ring (bicyclic) bond motifs is 4. The van der Waals surface area contributed by atoms with Gasteiger partial charge in [0, 0.05) is 53.7 Å². The van der Waals surface area contributed by atoms with Gasteiger partial charge in [0.05, 0.1) is 11.2 Å². The maximum absolute atomic E-state index is 5.25. The number of aromatic nitrogens is 2. The molecule has 0 radical (unpaired) electrons. The summed E-state index contributed by atoms with van der Waals surface area (Å²) >= 11 is 1.81. The van der Waals surface area contributed by atoms with Gasteiger partial charge in [-0.15, -0.1) is 11.3 Å². The van der Waals surface area contributed by atoms with E-state index in [9.17, 15) is 0 Å². The molecule has 0 fully saturated rings. The molecule has 0 bridgehead atoms. The van der Waals surface area contributed by atoms with Gasteiger partial charge < -0.3 is 4.90 Å². The van der Waals surface area contributed by atoms with E-state index in [1.54, 1.807) is 0 Å². The Balaban J connectivity index is 1.12. The number of anilines is 3. The molecule has 0 unspecified atom stereocenters. The maximum atomic E-state index is 5.25. The van der Waals surface area contributed by atoms with Gasteiger partial charge in [-0.3, -0.25) is 0 Å². The van der Waals surface area contributed by atoms with Gasteiger partial charge >= 0.3 is 0 Å². The SMILES string of the molecule is c1ccc(-c2ccc(N(c3cccc(-c4ccccc4)c3)c3ccc4c(c3)sc3cccc(-c5nc(-c6ccccc6)c6ccccc6n5)c34)cc2)cc1. The molecule has 8 aromatic carbocycles. The third-order valence-electron chi connectivity index (χ3n) is 10.1. The summed E-state index contributed by atoms with van der Waals surface area (Å²) in [7, 11) is 0. The second-order valence-corrected chi connectivity index (χ2v) is 14.5. The largest absolute Gasteiger partial charge is 0.310 e. The van der Waals surface area contributed by atoms with E-state index in [0.29, 0.717) is 0 Å². The Hall–Kier alpha value is -6.88. The first-order chi connectivity index (χ1) is 26.8. The molecular weight excluding hydrogens is 675 g/mol. The fraction of sp³-hybridized carbons (Fsp3) is 0. The molecule has 2 aromatic heterocycles. The van der Waals surface area contributed by atoms with Crippen LogP contribution in [-0.4, -0.2) is 9.97 Å². The van der Waals surface area contributed by atoms with Crippen LogP contribution in [0.5, 0.6) is 0 Å². The number of benzene rings is 8. The minimum atomic E-state index is 0.736. The van der Waals surface area contributed by atoms with Gasteiger partial charge in [0.25, 0.3) is 0 Å². The predicted octanol–water partition coefficient (Wildman–Crippen LogP) is 14.1. The first kappa shape index (κ1) is 31.8. The van der Waals surface area contributed by atoms with Crippen molar-refractivity contribution in [2.45, 2.75) is 0 Å². The van der Waals surface area contributed by atoms with E-state index in [0.717, 1.165) is 50.6 Å². The van der Waals surface area contributed by atoms with E-state index in [2.05, 4.69) is 193 Å². The lowest BCUT2D eigenvalue weighted by Crippen LogP contribution is -2.09. The summed E-state index contributed by atoms with van der Waals surface area (Å²) in [5.41, 5.74) is 12.1. The number of rotatable bonds is 7. The topological polar surface area (TPSA) is 29.0 Å². The lowest BCUT2D eigenvalue weighted by Gasteiger charge is -2.26. The van der Waals surface area contributed by atoms with Gasteiger partial charge in [0.15, 0.2) is 5.82 Å². The smallest absolute Gasteiger partial charge is 0.161 e. The predicted molar refractivity (Wildman–Crippen MR) is 229 cm³/mol. The number of nitrogens with zero attached hydrogens (tertiary/aromatic N) is 3. The van der Waals surface area contributed by atoms with Crippen molar-refractivity contribution in [3.8, 4) is 44.9 Å². The zero-order valence-corrected chi connectivity index (χ0v) is 30.1. The van der Waals surface area contributed by atoms with Gasteiger partial charge in [0.2, 0.25) is 0 Å². The second kappa shape index (κ2) is 13.6. The van der Waals surface area contributed by atoms with Gasteiger partial charge in [-0.25, -0.2) is 9.97 Å². The molecule has 254 valence electrons. The van der Waals surface area contributed by atoms with Crippen molar-refractivity contribution >= 4 is 59.5 Å². The van der Waals surface area contributed by atoms with Crippen LogP contribution in [0.1, 0.15) is 0 Å². The molecule has 10 rings (SSSR count). The summed E-state index contributed by atoms with van der Waals surface area (Å²) in [6, 6.07) is 70.9. The van der Waals surface area contributed by atoms with Crippen LogP contribution in [0.15, 0.2) is 200 Å². The van der Waals surface area contributed by atoms with E-state index < -0.39 is 0 Å². The number of hydrogen-bond donors (Lipinski definition) is 0. The van der Waals surface area contributed by atoms with Gasteiger partial charge in [0.1, 0.15) is 0 Å². The van der Waals surface area contributed by atoms with Crippen molar-refractivity contribution in [2.75, 3.05) is 4.90 Å². The Morgan fingerprint density at radius 1 is 0.370 bits per heavy atom. The van der Waals surface area contributed by atoms with E-state index in [1.807, 2.05) is 23.5 Å². The third kappa shape index (κ3) is 5.79. The van der Waals surface area contributed by atoms with E-state index in [4.69, 9.17) is 9.97 Å². The molecule has 54 heavy (non-hydrogen) atoms. The van der Waals surface area contributed by atoms with Crippen LogP contribution in [-0.2, 0) is 0 Å². The lowest BCUT2D eigenvalue weighted by molar-refractivity contribution is 1.23. The molecule has 0 N–H and O–H groups in total. The molecule has 0 aliphatic carbocycles. The van der Waals surface area contributed by atoms with Crippen LogP contribution in [0.3, 0.4) is 0 Å². The Morgan fingerprint density at radius 3 is 1.72 bits per heavy atom. The third-order valence-corrected chi connectivity index (χ3v) is 11.2. The van der Waals surface area contributed by atoms with Crippen LogP contribution >= 0.6 is 11.3 Å². The number of hydrogen-bond acceptors (Lipinski definition) is 4. The normalized spacial score (nSPS) is 11.3. The Morgan fingerprint density at radius 2 is 0.963 bits per heavy atom. The summed E-state index contributed by atoms with van der Waals surface area (Å²) in [5, 5.41) is 3.43. The fourth-order valence-electron chi connectivity index (χ4n) is 7.49. The monoisotopic (exact) mass is 707 g/mol. The highest BCUT2D eigenvalue weighted by Crippen LogP contribution is 2.44. The Bertz CT molecular complexity index is 2920. The quantitative estimate of drug-likeness (QED) is 0.165. The van der Waals surface area contributed by atoms with E-state index >= 15 is 0 Å². The van der Waals surface area contributed by atoms with Gasteiger partial charge in [-0.1, -0.05) is 152 Å². The van der Waals surface area contributed by atoms with Gasteiger partial charge in [-0.05, 0) is 70.8 Å². The average molecular weight is 708 g/mol. The Kier molecular flexibility index (Phi) is 8.01. The molecule has 0 spiro atoms. The molecule has 0 saturated heterocycles. The molecule has 0 amide bonds. The van der Waals surface area contributed by atoms with Crippen LogP contribution in [0, 0.1) is 0 Å². The van der Waals surface area contributed by atoms with Crippen LogP contribution in [0.2, 0.25) is 0 Å². The lowest BCUT2D eigenvalue weighted by atomic mass is 10.0. The molecular formula is C50H33N3S. The molecule has 2 heterocycles. The molecule has 0 atom stereocenters. The van der Waals surface area contributed by atoms with Crippen molar-refractivity contribution in [1.29, 1.82) is 0 Å². The molecule has 4 heteroatoms. The van der Waals surface area contributed by atoms with E-state index in [1.165, 1.54) is 42.4 Å². The van der Waals surface area contributed by atoms with Crippen molar-refractivity contribution < 1.29 is 0 Å². The number of para-hydroxylation sites is 1. The fourth-order valence-corrected chi connectivity index (χ4v) is 8.65. The summed E-state index contributed by atoms with van der Waals surface area (Å²) in [6.45, 7) is 0. The summed E-state index contributed by atoms with van der Waals surface area (Å²) < 4.78 is 2.42. The molecule has 3 nitrogen and oxygen atoms in total. The standard InChI is InChI=1S/C50H33N3S/c1-4-14-34(15-5-1)36-26-28-39(29-27-36)53(40-21-12-20-38(32-40)35-16-6-2-7-17-35)41-30-31-43-47(33-41)54-46-25-13-23-44(48(43)46)50-51-45-24-11-10-22-42(45)49(52-50)37-18-8-3-9-19-37/h1-33H. The summed E-state index contributed by atoms with van der Waals surface area (Å²) in [4.78, 5) is 12.8. The minimum Gasteiger partial charge on any atom is -0.310 e. The van der Waals surface area contributed by atoms with E-state index in [-0.39, 0.29) is 0 Å². The Labute approximate surface area is 318 Å². The first-order valence-corrected chi connectivity index (χ1v) is 19.0. The highest BCUT2D eigenvalue weighted by atomic mass is 32.1. The number of thiophene rings is 1. The highest BCUT2D eigenvalue weighted by Gasteiger charge is 2.19. The minimum absolute atomic E-state index is 0.736. The molecule has 0 aliphatic rings. The zero-order valence-electron chi connectivity index (χ0n) is 29.3. The molecule has 0 aliphatic heterocycles.